The molecule has 0 radical (unpaired) electrons. The maximum atomic E-state index is 10.4. The molecule has 0 fully saturated rings. The number of unbranched alkanes of at least 4 members (excludes halogenated alkanes) is 3. The van der Waals surface area contributed by atoms with Crippen molar-refractivity contribution in [2.24, 2.45) is 0 Å². The molecule has 0 saturated carbocycles. The molecular weight excluding hydrogens is 336 g/mol. The minimum absolute atomic E-state index is 0.162. The molecule has 0 amide bonds. The van der Waals surface area contributed by atoms with Crippen LogP contribution in [0.4, 0.5) is 0 Å². The summed E-state index contributed by atoms with van der Waals surface area (Å²) in [6, 6.07) is 0. The molecule has 0 rings (SSSR count). The highest BCUT2D eigenvalue weighted by molar-refractivity contribution is 5.66. The van der Waals surface area contributed by atoms with E-state index in [1.54, 1.807) is 30.4 Å². The fourth-order valence-electron chi connectivity index (χ4n) is 2.15. The zero-order chi connectivity index (χ0) is 19.5. The second-order valence-electron chi connectivity index (χ2n) is 5.93. The van der Waals surface area contributed by atoms with Crippen molar-refractivity contribution in [3.63, 3.8) is 0 Å². The van der Waals surface area contributed by atoms with Gasteiger partial charge in [0.05, 0.1) is 0 Å². The first-order valence-electron chi connectivity index (χ1n) is 9.12. The van der Waals surface area contributed by atoms with Gasteiger partial charge >= 0.3 is 5.97 Å². The minimum atomic E-state index is -0.790. The first-order valence-corrected chi connectivity index (χ1v) is 9.12. The predicted octanol–water partition coefficient (Wildman–Crippen LogP) is 5.15. The third-order valence-corrected chi connectivity index (χ3v) is 3.64. The lowest BCUT2D eigenvalue weighted by atomic mass is 10.1. The van der Waals surface area contributed by atoms with Crippen LogP contribution in [0.5, 0.6) is 0 Å². The number of allylic oxidation sites excluding steroid dienone is 5. The smallest absolute Gasteiger partial charge is 0.303 e. The van der Waals surface area contributed by atoms with E-state index < -0.39 is 12.1 Å². The Labute approximate surface area is 156 Å². The molecule has 148 valence electrons. The zero-order valence-electron chi connectivity index (χ0n) is 15.5. The molecule has 26 heavy (non-hydrogen) atoms. The van der Waals surface area contributed by atoms with Gasteiger partial charge in [-0.1, -0.05) is 74.8 Å². The van der Waals surface area contributed by atoms with Gasteiger partial charge in [0.25, 0.3) is 0 Å². The highest BCUT2D eigenvalue weighted by atomic mass is 17.1. The highest BCUT2D eigenvalue weighted by Crippen LogP contribution is 2.07. The van der Waals surface area contributed by atoms with E-state index in [0.717, 1.165) is 25.7 Å². The lowest BCUT2D eigenvalue weighted by Crippen LogP contribution is -2.06. The molecule has 0 aliphatic heterocycles. The third kappa shape index (κ3) is 15.8. The van der Waals surface area contributed by atoms with Crippen molar-refractivity contribution in [1.82, 2.24) is 0 Å². The Morgan fingerprint density at radius 2 is 1.58 bits per heavy atom. The van der Waals surface area contributed by atoms with Gasteiger partial charge < -0.3 is 5.11 Å². The molecule has 2 atom stereocenters. The fraction of sp³-hybridized carbons (Fsp3) is 0.550. The Hall–Kier alpha value is -1.73. The topological polar surface area (TPSA) is 96.2 Å². The maximum Gasteiger partial charge on any atom is 0.303 e. The fourth-order valence-corrected chi connectivity index (χ4v) is 2.15. The largest absolute Gasteiger partial charge is 0.481 e. The van der Waals surface area contributed by atoms with Gasteiger partial charge in [0.15, 0.2) is 0 Å². The van der Waals surface area contributed by atoms with Gasteiger partial charge in [0, 0.05) is 6.42 Å². The number of hydrogen-bond donors (Lipinski definition) is 3. The van der Waals surface area contributed by atoms with Crippen LogP contribution in [0.3, 0.4) is 0 Å². The summed E-state index contributed by atoms with van der Waals surface area (Å²) < 4.78 is 0. The van der Waals surface area contributed by atoms with E-state index in [1.807, 2.05) is 18.2 Å². The van der Waals surface area contributed by atoms with Crippen molar-refractivity contribution in [1.29, 1.82) is 0 Å². The van der Waals surface area contributed by atoms with Crippen molar-refractivity contribution >= 4 is 5.97 Å². The highest BCUT2D eigenvalue weighted by Gasteiger charge is 2.03. The lowest BCUT2D eigenvalue weighted by molar-refractivity contribution is -0.267. The van der Waals surface area contributed by atoms with E-state index in [0.29, 0.717) is 19.3 Å². The van der Waals surface area contributed by atoms with Crippen molar-refractivity contribution in [3.05, 3.63) is 48.6 Å². The van der Waals surface area contributed by atoms with Gasteiger partial charge in [-0.3, -0.25) is 15.3 Å². The van der Waals surface area contributed by atoms with Crippen LogP contribution in [0.2, 0.25) is 0 Å². The molecule has 0 aliphatic rings. The molecule has 0 bridgehead atoms. The molecule has 0 aromatic heterocycles. The number of aliphatic carboxylic acids is 1. The summed E-state index contributed by atoms with van der Waals surface area (Å²) in [5.41, 5.74) is 0. The van der Waals surface area contributed by atoms with Gasteiger partial charge in [-0.15, -0.1) is 0 Å². The Bertz CT molecular complexity index is 453. The van der Waals surface area contributed by atoms with Gasteiger partial charge in [0.2, 0.25) is 0 Å². The quantitative estimate of drug-likeness (QED) is 0.151. The van der Waals surface area contributed by atoms with Gasteiger partial charge in [-0.25, -0.2) is 9.78 Å². The summed E-state index contributed by atoms with van der Waals surface area (Å²) in [7, 11) is 0. The molecule has 0 aromatic carbocycles. The van der Waals surface area contributed by atoms with Crippen LogP contribution in [0, 0.1) is 0 Å². The number of hydrogen-bond acceptors (Lipinski definition) is 5. The maximum absolute atomic E-state index is 10.4. The minimum Gasteiger partial charge on any atom is -0.481 e. The van der Waals surface area contributed by atoms with E-state index in [2.05, 4.69) is 16.7 Å². The molecule has 0 heterocycles. The second kappa shape index (κ2) is 18.1. The zero-order valence-corrected chi connectivity index (χ0v) is 15.5. The SMILES string of the molecule is CCCCC[C@@H](C=CC=CC[C@H](C=CC=CCCCC(=O)O)OO)OO. The average Bonchev–Trinajstić information content (AvgIpc) is 2.63. The monoisotopic (exact) mass is 368 g/mol. The van der Waals surface area contributed by atoms with Crippen LogP contribution in [-0.2, 0) is 14.6 Å². The second-order valence-corrected chi connectivity index (χ2v) is 5.93. The van der Waals surface area contributed by atoms with Crippen LogP contribution in [0.1, 0.15) is 58.3 Å². The van der Waals surface area contributed by atoms with Crippen molar-refractivity contribution < 1.29 is 30.2 Å². The van der Waals surface area contributed by atoms with E-state index in [9.17, 15) is 4.79 Å². The van der Waals surface area contributed by atoms with E-state index in [-0.39, 0.29) is 12.5 Å². The van der Waals surface area contributed by atoms with E-state index in [1.165, 1.54) is 0 Å². The lowest BCUT2D eigenvalue weighted by Gasteiger charge is -2.07. The van der Waals surface area contributed by atoms with Gasteiger partial charge in [0.1, 0.15) is 12.2 Å². The van der Waals surface area contributed by atoms with Gasteiger partial charge in [-0.05, 0) is 25.7 Å². The van der Waals surface area contributed by atoms with Crippen LogP contribution >= 0.6 is 0 Å². The van der Waals surface area contributed by atoms with Crippen LogP contribution < -0.4 is 0 Å². The van der Waals surface area contributed by atoms with Crippen molar-refractivity contribution in [2.45, 2.75) is 70.5 Å². The molecular formula is C20H32O6. The first-order chi connectivity index (χ1) is 12.6. The molecule has 0 unspecified atom stereocenters. The van der Waals surface area contributed by atoms with Crippen molar-refractivity contribution in [3.8, 4) is 0 Å². The summed E-state index contributed by atoms with van der Waals surface area (Å²) in [6.45, 7) is 2.12. The normalized spacial score (nSPS) is 14.9. The molecule has 3 N–H and O–H groups in total. The summed E-state index contributed by atoms with van der Waals surface area (Å²) in [4.78, 5) is 19.2. The Balaban J connectivity index is 4.08. The Morgan fingerprint density at radius 1 is 0.923 bits per heavy atom. The van der Waals surface area contributed by atoms with Crippen LogP contribution in [-0.4, -0.2) is 33.8 Å². The number of carbonyl (C=O) groups is 1. The standard InChI is InChI=1S/C20H32O6/c1-2-3-8-13-18(25-23)15-10-7-11-16-19(26-24)14-9-5-4-6-12-17-20(21)22/h4-5,7,9-11,14-15,18-19,23-24H,2-3,6,8,12-13,16-17H2,1H3,(H,21,22)/t18-,19-/m0/s1. The number of carboxylic acids is 1. The van der Waals surface area contributed by atoms with E-state index in [4.69, 9.17) is 15.6 Å². The molecule has 0 aliphatic carbocycles. The summed E-state index contributed by atoms with van der Waals surface area (Å²) in [6.07, 6.45) is 19.6. The van der Waals surface area contributed by atoms with Crippen LogP contribution in [0.15, 0.2) is 48.6 Å². The molecule has 6 nitrogen and oxygen atoms in total. The number of rotatable bonds is 16. The van der Waals surface area contributed by atoms with Crippen LogP contribution in [0.25, 0.3) is 0 Å². The summed E-state index contributed by atoms with van der Waals surface area (Å²) >= 11 is 0. The third-order valence-electron chi connectivity index (χ3n) is 3.64. The molecule has 0 aromatic rings. The molecule has 6 heteroatoms. The molecule has 0 saturated heterocycles. The Morgan fingerprint density at radius 3 is 2.19 bits per heavy atom. The molecule has 0 spiro atoms. The van der Waals surface area contributed by atoms with Gasteiger partial charge in [-0.2, -0.15) is 0 Å². The number of carboxylic acid groups (broad SMARTS) is 1. The summed E-state index contributed by atoms with van der Waals surface area (Å²) in [5, 5.41) is 26.2. The Kier molecular flexibility index (Phi) is 16.9. The van der Waals surface area contributed by atoms with E-state index >= 15 is 0 Å². The average molecular weight is 368 g/mol. The van der Waals surface area contributed by atoms with Crippen molar-refractivity contribution in [2.75, 3.05) is 0 Å². The summed E-state index contributed by atoms with van der Waals surface area (Å²) in [5.74, 6) is -0.790. The predicted molar refractivity (Wildman–Crippen MR) is 102 cm³/mol. The first kappa shape index (κ1) is 24.3.